The van der Waals surface area contributed by atoms with E-state index in [4.69, 9.17) is 0 Å². The third kappa shape index (κ3) is 2.73. The Hall–Kier alpha value is -0.780. The molecule has 2 fully saturated rings. The Bertz CT molecular complexity index is 306. The van der Waals surface area contributed by atoms with Gasteiger partial charge in [-0.15, -0.1) is 0 Å². The molecule has 0 aromatic carbocycles. The summed E-state index contributed by atoms with van der Waals surface area (Å²) in [4.78, 5) is 10.7. The van der Waals surface area contributed by atoms with Crippen molar-refractivity contribution >= 4 is 5.91 Å². The molecular weight excluding hydrogens is 233 g/mol. The maximum Gasteiger partial charge on any atom is 0.471 e. The van der Waals surface area contributed by atoms with Crippen LogP contribution >= 0.6 is 0 Å². The summed E-state index contributed by atoms with van der Waals surface area (Å²) < 4.78 is 36.1. The molecule has 17 heavy (non-hydrogen) atoms. The topological polar surface area (TPSA) is 41.1 Å². The highest BCUT2D eigenvalue weighted by Gasteiger charge is 2.43. The standard InChI is InChI=1S/C11H17F3N2O/c1-6-2-7-4-15-9(8(7)3-6)5-16-10(17)11(12,13)14/h6-9,15H,2-5H2,1H3,(H,16,17)/t6?,7-,8-,9+/m0/s1. The Kier molecular flexibility index (Phi) is 3.34. The average Bonchev–Trinajstić information content (AvgIpc) is 2.72. The molecule has 6 heteroatoms. The van der Waals surface area contributed by atoms with E-state index in [9.17, 15) is 18.0 Å². The van der Waals surface area contributed by atoms with E-state index in [1.165, 1.54) is 0 Å². The number of carbonyl (C=O) groups excluding carboxylic acids is 1. The minimum absolute atomic E-state index is 0.00347. The van der Waals surface area contributed by atoms with Crippen LogP contribution in [0.1, 0.15) is 19.8 Å². The van der Waals surface area contributed by atoms with Gasteiger partial charge in [0.05, 0.1) is 0 Å². The van der Waals surface area contributed by atoms with Crippen LogP contribution in [-0.2, 0) is 4.79 Å². The zero-order chi connectivity index (χ0) is 12.6. The molecule has 98 valence electrons. The number of nitrogens with one attached hydrogen (secondary N) is 2. The smallest absolute Gasteiger partial charge is 0.347 e. The molecule has 1 amide bonds. The fourth-order valence-electron chi connectivity index (χ4n) is 3.15. The first-order valence-corrected chi connectivity index (χ1v) is 5.96. The van der Waals surface area contributed by atoms with E-state index in [2.05, 4.69) is 12.2 Å². The van der Waals surface area contributed by atoms with Crippen molar-refractivity contribution in [3.8, 4) is 0 Å². The molecule has 1 aliphatic heterocycles. The van der Waals surface area contributed by atoms with Gasteiger partial charge < -0.3 is 10.6 Å². The van der Waals surface area contributed by atoms with Crippen LogP contribution in [0.4, 0.5) is 13.2 Å². The van der Waals surface area contributed by atoms with Gasteiger partial charge in [-0.1, -0.05) is 6.92 Å². The molecule has 0 aromatic rings. The molecule has 0 aromatic heterocycles. The van der Waals surface area contributed by atoms with Gasteiger partial charge in [-0.3, -0.25) is 4.79 Å². The Balaban J connectivity index is 1.83. The quantitative estimate of drug-likeness (QED) is 0.775. The predicted molar refractivity (Wildman–Crippen MR) is 56.2 cm³/mol. The number of fused-ring (bicyclic) bond motifs is 1. The van der Waals surface area contributed by atoms with Gasteiger partial charge in [-0.05, 0) is 37.1 Å². The predicted octanol–water partition coefficient (Wildman–Crippen LogP) is 1.30. The van der Waals surface area contributed by atoms with Crippen molar-refractivity contribution in [2.45, 2.75) is 32.0 Å². The monoisotopic (exact) mass is 250 g/mol. The Labute approximate surface area is 98.1 Å². The molecule has 4 atom stereocenters. The molecule has 3 nitrogen and oxygen atoms in total. The third-order valence-electron chi connectivity index (χ3n) is 3.88. The summed E-state index contributed by atoms with van der Waals surface area (Å²) in [6.45, 7) is 3.11. The number of halogens is 3. The van der Waals surface area contributed by atoms with E-state index >= 15 is 0 Å². The Morgan fingerprint density at radius 1 is 1.41 bits per heavy atom. The maximum absolute atomic E-state index is 12.0. The SMILES string of the molecule is CC1C[C@H]2CN[C@H](CNC(=O)C(F)(F)F)[C@H]2C1. The summed E-state index contributed by atoms with van der Waals surface area (Å²) >= 11 is 0. The van der Waals surface area contributed by atoms with Crippen molar-refractivity contribution in [3.63, 3.8) is 0 Å². The van der Waals surface area contributed by atoms with Crippen molar-refractivity contribution in [2.24, 2.45) is 17.8 Å². The van der Waals surface area contributed by atoms with E-state index in [0.717, 1.165) is 19.4 Å². The number of hydrogen-bond acceptors (Lipinski definition) is 2. The van der Waals surface area contributed by atoms with Gasteiger partial charge >= 0.3 is 12.1 Å². The van der Waals surface area contributed by atoms with Crippen LogP contribution in [-0.4, -0.2) is 31.2 Å². The molecule has 0 bridgehead atoms. The van der Waals surface area contributed by atoms with E-state index in [1.807, 2.05) is 5.32 Å². The first kappa shape index (κ1) is 12.7. The molecule has 1 saturated heterocycles. The first-order chi connectivity index (χ1) is 7.88. The van der Waals surface area contributed by atoms with Gasteiger partial charge in [-0.2, -0.15) is 13.2 Å². The number of rotatable bonds is 2. The van der Waals surface area contributed by atoms with Crippen molar-refractivity contribution < 1.29 is 18.0 Å². The van der Waals surface area contributed by atoms with Crippen LogP contribution in [0.2, 0.25) is 0 Å². The number of hydrogen-bond donors (Lipinski definition) is 2. The van der Waals surface area contributed by atoms with Crippen LogP contribution in [0.5, 0.6) is 0 Å². The van der Waals surface area contributed by atoms with Gasteiger partial charge in [-0.25, -0.2) is 0 Å². The molecular formula is C11H17F3N2O. The Morgan fingerprint density at radius 3 is 2.76 bits per heavy atom. The number of alkyl halides is 3. The summed E-state index contributed by atoms with van der Waals surface area (Å²) in [5.74, 6) is -0.210. The second kappa shape index (κ2) is 4.48. The largest absolute Gasteiger partial charge is 0.471 e. The lowest BCUT2D eigenvalue weighted by atomic mass is 9.94. The zero-order valence-electron chi connectivity index (χ0n) is 9.68. The minimum atomic E-state index is -4.78. The molecule has 2 rings (SSSR count). The molecule has 0 radical (unpaired) electrons. The van der Waals surface area contributed by atoms with Crippen molar-refractivity contribution in [2.75, 3.05) is 13.1 Å². The molecule has 1 saturated carbocycles. The summed E-state index contributed by atoms with van der Waals surface area (Å²) in [6, 6.07) is -0.00347. The average molecular weight is 250 g/mol. The normalized spacial score (nSPS) is 36.9. The summed E-state index contributed by atoms with van der Waals surface area (Å²) in [5.41, 5.74) is 0. The number of amides is 1. The third-order valence-corrected chi connectivity index (χ3v) is 3.88. The maximum atomic E-state index is 12.0. The molecule has 1 unspecified atom stereocenters. The van der Waals surface area contributed by atoms with E-state index in [0.29, 0.717) is 17.8 Å². The first-order valence-electron chi connectivity index (χ1n) is 5.96. The lowest BCUT2D eigenvalue weighted by molar-refractivity contribution is -0.173. The van der Waals surface area contributed by atoms with Gasteiger partial charge in [0.15, 0.2) is 0 Å². The molecule has 1 heterocycles. The molecule has 2 aliphatic rings. The van der Waals surface area contributed by atoms with Crippen LogP contribution in [0.25, 0.3) is 0 Å². The molecule has 2 N–H and O–H groups in total. The zero-order valence-corrected chi connectivity index (χ0v) is 9.68. The summed E-state index contributed by atoms with van der Waals surface area (Å²) in [6.07, 6.45) is -2.59. The summed E-state index contributed by atoms with van der Waals surface area (Å²) in [7, 11) is 0. The van der Waals surface area contributed by atoms with E-state index in [-0.39, 0.29) is 12.6 Å². The highest BCUT2D eigenvalue weighted by molar-refractivity contribution is 5.81. The number of carbonyl (C=O) groups is 1. The fraction of sp³-hybridized carbons (Fsp3) is 0.909. The minimum Gasteiger partial charge on any atom is -0.347 e. The van der Waals surface area contributed by atoms with Gasteiger partial charge in [0.2, 0.25) is 0 Å². The van der Waals surface area contributed by atoms with Gasteiger partial charge in [0.25, 0.3) is 0 Å². The van der Waals surface area contributed by atoms with Crippen molar-refractivity contribution in [1.82, 2.24) is 10.6 Å². The highest BCUT2D eigenvalue weighted by atomic mass is 19.4. The van der Waals surface area contributed by atoms with Crippen LogP contribution in [0.15, 0.2) is 0 Å². The van der Waals surface area contributed by atoms with Crippen molar-refractivity contribution in [3.05, 3.63) is 0 Å². The van der Waals surface area contributed by atoms with Crippen LogP contribution in [0.3, 0.4) is 0 Å². The molecule has 1 aliphatic carbocycles. The lowest BCUT2D eigenvalue weighted by Gasteiger charge is -2.19. The van der Waals surface area contributed by atoms with Gasteiger partial charge in [0, 0.05) is 12.6 Å². The summed E-state index contributed by atoms with van der Waals surface area (Å²) in [5, 5.41) is 5.17. The van der Waals surface area contributed by atoms with Crippen LogP contribution in [0, 0.1) is 17.8 Å². The van der Waals surface area contributed by atoms with E-state index in [1.54, 1.807) is 0 Å². The fourth-order valence-corrected chi connectivity index (χ4v) is 3.15. The van der Waals surface area contributed by atoms with E-state index < -0.39 is 12.1 Å². The molecule has 0 spiro atoms. The second-order valence-electron chi connectivity index (χ2n) is 5.22. The Morgan fingerprint density at radius 2 is 2.12 bits per heavy atom. The second-order valence-corrected chi connectivity index (χ2v) is 5.22. The van der Waals surface area contributed by atoms with Crippen LogP contribution < -0.4 is 10.6 Å². The van der Waals surface area contributed by atoms with Gasteiger partial charge in [0.1, 0.15) is 0 Å². The highest BCUT2D eigenvalue weighted by Crippen LogP contribution is 2.40. The lowest BCUT2D eigenvalue weighted by Crippen LogP contribution is -2.45. The van der Waals surface area contributed by atoms with Crippen molar-refractivity contribution in [1.29, 1.82) is 0 Å².